The molecule has 2 saturated heterocycles. The topological polar surface area (TPSA) is 91.4 Å². The Morgan fingerprint density at radius 1 is 1.19 bits per heavy atom. The van der Waals surface area contributed by atoms with Gasteiger partial charge in [-0.3, -0.25) is 19.7 Å². The largest absolute Gasteiger partial charge is 0.369 e. The van der Waals surface area contributed by atoms with Crippen LogP contribution in [0.5, 0.6) is 0 Å². The number of methoxy groups -OCH3 is 2. The maximum absolute atomic E-state index is 12.4. The van der Waals surface area contributed by atoms with E-state index in [2.05, 4.69) is 10.2 Å². The zero-order valence-corrected chi connectivity index (χ0v) is 19.2. The standard InChI is InChI=1S/C23H32N4O5/c1-25(14-28)20-16(26(2)18-8-9-19(29)24-21(18)30)6-5-7-17(20)27-12-23(13-27)10-15(11-23)22(31-3)32-4/h5-7,14-15,18,22H,8-13H2,1-4H3,(H,24,29,30). The molecule has 174 valence electrons. The van der Waals surface area contributed by atoms with Gasteiger partial charge in [-0.1, -0.05) is 6.07 Å². The first-order chi connectivity index (χ1) is 15.3. The lowest BCUT2D eigenvalue weighted by molar-refractivity contribution is -0.184. The van der Waals surface area contributed by atoms with Crippen LogP contribution in [0, 0.1) is 11.3 Å². The van der Waals surface area contributed by atoms with Crippen molar-refractivity contribution in [3.63, 3.8) is 0 Å². The van der Waals surface area contributed by atoms with Gasteiger partial charge in [-0.05, 0) is 31.4 Å². The van der Waals surface area contributed by atoms with Crippen molar-refractivity contribution in [2.45, 2.75) is 38.0 Å². The number of ether oxygens (including phenoxy) is 2. The number of carbonyl (C=O) groups is 3. The van der Waals surface area contributed by atoms with Crippen LogP contribution in [0.25, 0.3) is 0 Å². The van der Waals surface area contributed by atoms with E-state index in [9.17, 15) is 14.4 Å². The number of imide groups is 1. The van der Waals surface area contributed by atoms with Crippen LogP contribution in [0.2, 0.25) is 0 Å². The highest BCUT2D eigenvalue weighted by atomic mass is 16.7. The molecular weight excluding hydrogens is 412 g/mol. The van der Waals surface area contributed by atoms with Crippen LogP contribution in [0.3, 0.4) is 0 Å². The fraction of sp³-hybridized carbons (Fsp3) is 0.609. The molecule has 3 amide bonds. The quantitative estimate of drug-likeness (QED) is 0.368. The summed E-state index contributed by atoms with van der Waals surface area (Å²) in [6.45, 7) is 1.82. The van der Waals surface area contributed by atoms with Gasteiger partial charge in [-0.15, -0.1) is 0 Å². The van der Waals surface area contributed by atoms with Gasteiger partial charge in [0.1, 0.15) is 6.04 Å². The molecule has 1 N–H and O–H groups in total. The average Bonchev–Trinajstić information content (AvgIpc) is 2.73. The summed E-state index contributed by atoms with van der Waals surface area (Å²) in [6, 6.07) is 5.43. The van der Waals surface area contributed by atoms with Crippen LogP contribution < -0.4 is 20.0 Å². The van der Waals surface area contributed by atoms with Gasteiger partial charge in [0.2, 0.25) is 18.2 Å². The summed E-state index contributed by atoms with van der Waals surface area (Å²) in [6.07, 6.45) is 3.51. The number of piperidine rings is 1. The highest BCUT2D eigenvalue weighted by molar-refractivity contribution is 6.03. The van der Waals surface area contributed by atoms with Gasteiger partial charge in [0.15, 0.2) is 6.29 Å². The Balaban J connectivity index is 1.54. The normalized spacial score (nSPS) is 22.4. The molecule has 3 fully saturated rings. The summed E-state index contributed by atoms with van der Waals surface area (Å²) >= 11 is 0. The van der Waals surface area contributed by atoms with Crippen molar-refractivity contribution in [1.82, 2.24) is 5.32 Å². The van der Waals surface area contributed by atoms with Gasteiger partial charge >= 0.3 is 0 Å². The van der Waals surface area contributed by atoms with Crippen LogP contribution in [0.1, 0.15) is 25.7 Å². The van der Waals surface area contributed by atoms with Crippen molar-refractivity contribution >= 4 is 35.3 Å². The fourth-order valence-electron chi connectivity index (χ4n) is 5.61. The van der Waals surface area contributed by atoms with Gasteiger partial charge in [0.25, 0.3) is 0 Å². The molecule has 1 saturated carbocycles. The number of nitrogens with zero attached hydrogens (tertiary/aromatic N) is 3. The van der Waals surface area contributed by atoms with E-state index in [0.717, 1.165) is 49.4 Å². The Morgan fingerprint density at radius 3 is 2.47 bits per heavy atom. The highest BCUT2D eigenvalue weighted by Crippen LogP contribution is 2.55. The van der Waals surface area contributed by atoms with E-state index < -0.39 is 6.04 Å². The smallest absolute Gasteiger partial charge is 0.249 e. The van der Waals surface area contributed by atoms with Crippen LogP contribution in [0.15, 0.2) is 18.2 Å². The van der Waals surface area contributed by atoms with Crippen LogP contribution in [0.4, 0.5) is 17.1 Å². The lowest BCUT2D eigenvalue weighted by atomic mass is 9.57. The van der Waals surface area contributed by atoms with Crippen molar-refractivity contribution in [1.29, 1.82) is 0 Å². The first-order valence-electron chi connectivity index (χ1n) is 11.0. The minimum atomic E-state index is -0.461. The molecule has 1 aromatic rings. The second-order valence-electron chi connectivity index (χ2n) is 9.30. The predicted octanol–water partition coefficient (Wildman–Crippen LogP) is 1.36. The Labute approximate surface area is 188 Å². The van der Waals surface area contributed by atoms with Crippen LogP contribution in [-0.4, -0.2) is 72.0 Å². The van der Waals surface area contributed by atoms with Gasteiger partial charge in [-0.2, -0.15) is 0 Å². The molecule has 4 rings (SSSR count). The van der Waals surface area contributed by atoms with Crippen molar-refractivity contribution in [2.75, 3.05) is 56.1 Å². The van der Waals surface area contributed by atoms with Crippen molar-refractivity contribution in [3.8, 4) is 0 Å². The van der Waals surface area contributed by atoms with Crippen molar-refractivity contribution in [3.05, 3.63) is 18.2 Å². The van der Waals surface area contributed by atoms with E-state index >= 15 is 0 Å². The third kappa shape index (κ3) is 3.84. The van der Waals surface area contributed by atoms with Gasteiger partial charge in [0, 0.05) is 59.2 Å². The summed E-state index contributed by atoms with van der Waals surface area (Å²) in [5, 5.41) is 2.42. The van der Waals surface area contributed by atoms with Crippen molar-refractivity contribution < 1.29 is 23.9 Å². The number of rotatable bonds is 8. The predicted molar refractivity (Wildman–Crippen MR) is 121 cm³/mol. The third-order valence-corrected chi connectivity index (χ3v) is 7.20. The maximum atomic E-state index is 12.4. The molecule has 0 bridgehead atoms. The van der Waals surface area contributed by atoms with E-state index in [1.54, 1.807) is 26.2 Å². The monoisotopic (exact) mass is 444 g/mol. The van der Waals surface area contributed by atoms with E-state index in [0.29, 0.717) is 18.8 Å². The zero-order chi connectivity index (χ0) is 23.0. The van der Waals surface area contributed by atoms with E-state index in [1.165, 1.54) is 0 Å². The van der Waals surface area contributed by atoms with Crippen molar-refractivity contribution in [2.24, 2.45) is 11.3 Å². The molecule has 1 atom stereocenters. The number of hydrogen-bond donors (Lipinski definition) is 1. The van der Waals surface area contributed by atoms with Gasteiger partial charge in [-0.25, -0.2) is 0 Å². The summed E-state index contributed by atoms with van der Waals surface area (Å²) in [5.74, 6) is -0.134. The zero-order valence-electron chi connectivity index (χ0n) is 19.2. The second kappa shape index (κ2) is 8.71. The second-order valence-corrected chi connectivity index (χ2v) is 9.30. The molecule has 1 spiro atoms. The number of nitrogens with one attached hydrogen (secondary N) is 1. The lowest BCUT2D eigenvalue weighted by Gasteiger charge is -2.61. The van der Waals surface area contributed by atoms with E-state index in [-0.39, 0.29) is 23.5 Å². The fourth-order valence-corrected chi connectivity index (χ4v) is 5.61. The highest BCUT2D eigenvalue weighted by Gasteiger charge is 2.55. The van der Waals surface area contributed by atoms with E-state index in [4.69, 9.17) is 9.47 Å². The molecule has 9 nitrogen and oxygen atoms in total. The molecule has 0 aromatic heterocycles. The number of likely N-dealkylation sites (N-methyl/N-ethyl adjacent to an activating group) is 1. The first-order valence-corrected chi connectivity index (χ1v) is 11.0. The molecule has 3 aliphatic rings. The molecule has 2 heterocycles. The minimum absolute atomic E-state index is 0.156. The number of benzene rings is 1. The molecule has 0 radical (unpaired) electrons. The number of amides is 3. The average molecular weight is 445 g/mol. The Bertz CT molecular complexity index is 888. The Hall–Kier alpha value is -2.65. The summed E-state index contributed by atoms with van der Waals surface area (Å²) in [5.41, 5.74) is 2.80. The van der Waals surface area contributed by atoms with Gasteiger partial charge < -0.3 is 24.2 Å². The molecule has 32 heavy (non-hydrogen) atoms. The van der Waals surface area contributed by atoms with Gasteiger partial charge in [0.05, 0.1) is 17.1 Å². The molecular formula is C23H32N4O5. The Morgan fingerprint density at radius 2 is 1.88 bits per heavy atom. The lowest BCUT2D eigenvalue weighted by Crippen LogP contribution is -2.64. The molecule has 2 aliphatic heterocycles. The number of hydrogen-bond acceptors (Lipinski definition) is 7. The van der Waals surface area contributed by atoms with Crippen LogP contribution >= 0.6 is 0 Å². The SMILES string of the molecule is COC(OC)C1CC2(C1)CN(c1cccc(N(C)C3CCC(=O)NC3=O)c1N(C)C=O)C2. The van der Waals surface area contributed by atoms with E-state index in [1.807, 2.05) is 30.1 Å². The summed E-state index contributed by atoms with van der Waals surface area (Å²) in [4.78, 5) is 41.5. The van der Waals surface area contributed by atoms with Crippen LogP contribution in [-0.2, 0) is 23.9 Å². The summed E-state index contributed by atoms with van der Waals surface area (Å²) < 4.78 is 10.8. The minimum Gasteiger partial charge on any atom is -0.369 e. The molecule has 1 unspecified atom stereocenters. The number of para-hydroxylation sites is 1. The molecule has 1 aromatic carbocycles. The summed E-state index contributed by atoms with van der Waals surface area (Å²) in [7, 11) is 6.92. The third-order valence-electron chi connectivity index (χ3n) is 7.20. The Kier molecular flexibility index (Phi) is 6.13. The maximum Gasteiger partial charge on any atom is 0.249 e. The number of anilines is 3. The molecule has 1 aliphatic carbocycles. The first kappa shape index (κ1) is 22.5. The number of carbonyl (C=O) groups excluding carboxylic acids is 3. The molecule has 9 heteroatoms.